The number of hydrogen-bond donors (Lipinski definition) is 1. The van der Waals surface area contributed by atoms with Crippen molar-refractivity contribution >= 4 is 11.6 Å². The monoisotopic (exact) mass is 269 g/mol. The Morgan fingerprint density at radius 1 is 1.26 bits per heavy atom. The van der Waals surface area contributed by atoms with Crippen LogP contribution in [0.2, 0.25) is 0 Å². The Hall–Kier alpha value is -2.31. The smallest absolute Gasteiger partial charge is 0.259 e. The van der Waals surface area contributed by atoms with Gasteiger partial charge in [-0.15, -0.1) is 0 Å². The molecule has 0 unspecified atom stereocenters. The Morgan fingerprint density at radius 2 is 1.95 bits per heavy atom. The predicted molar refractivity (Wildman–Crippen MR) is 62.2 cm³/mol. The lowest BCUT2D eigenvalue weighted by atomic mass is 10.2. The quantitative estimate of drug-likeness (QED) is 0.851. The van der Waals surface area contributed by atoms with Crippen molar-refractivity contribution in [1.29, 1.82) is 0 Å². The van der Waals surface area contributed by atoms with Gasteiger partial charge in [-0.25, -0.2) is 13.2 Å². The van der Waals surface area contributed by atoms with Gasteiger partial charge in [0.25, 0.3) is 5.91 Å². The number of nitrogens with one attached hydrogen (secondary N) is 1. The topological polar surface area (TPSA) is 46.9 Å². The fourth-order valence-corrected chi connectivity index (χ4v) is 1.63. The van der Waals surface area contributed by atoms with Crippen LogP contribution >= 0.6 is 0 Å². The van der Waals surface area contributed by atoms with Gasteiger partial charge in [0, 0.05) is 13.2 Å². The molecule has 1 heterocycles. The number of carbonyl (C=O) groups is 1. The number of benzene rings is 1. The second-order valence-electron chi connectivity index (χ2n) is 3.98. The van der Waals surface area contributed by atoms with Gasteiger partial charge in [0.05, 0.1) is 16.9 Å². The Balaban J connectivity index is 2.29. The summed E-state index contributed by atoms with van der Waals surface area (Å²) < 4.78 is 40.6. The lowest BCUT2D eigenvalue weighted by Crippen LogP contribution is -2.14. The van der Waals surface area contributed by atoms with Crippen LogP contribution in [0.25, 0.3) is 0 Å². The van der Waals surface area contributed by atoms with Crippen molar-refractivity contribution in [3.63, 3.8) is 0 Å². The van der Waals surface area contributed by atoms with Crippen molar-refractivity contribution in [2.45, 2.75) is 6.92 Å². The fourth-order valence-electron chi connectivity index (χ4n) is 1.63. The fraction of sp³-hybridized carbons (Fsp3) is 0.167. The van der Waals surface area contributed by atoms with Crippen LogP contribution in [-0.2, 0) is 7.05 Å². The van der Waals surface area contributed by atoms with E-state index in [1.54, 1.807) is 14.0 Å². The van der Waals surface area contributed by atoms with Crippen LogP contribution in [0.4, 0.5) is 18.9 Å². The number of amides is 1. The van der Waals surface area contributed by atoms with Gasteiger partial charge in [0.15, 0.2) is 17.5 Å². The molecule has 0 fully saturated rings. The zero-order chi connectivity index (χ0) is 14.2. The predicted octanol–water partition coefficient (Wildman–Crippen LogP) is 2.40. The molecule has 100 valence electrons. The van der Waals surface area contributed by atoms with E-state index in [1.165, 1.54) is 10.9 Å². The van der Waals surface area contributed by atoms with Gasteiger partial charge in [-0.3, -0.25) is 9.48 Å². The molecule has 2 aromatic rings. The summed E-state index contributed by atoms with van der Waals surface area (Å²) in [4.78, 5) is 11.8. The van der Waals surface area contributed by atoms with E-state index in [9.17, 15) is 18.0 Å². The van der Waals surface area contributed by atoms with Crippen molar-refractivity contribution < 1.29 is 18.0 Å². The van der Waals surface area contributed by atoms with Gasteiger partial charge < -0.3 is 5.32 Å². The lowest BCUT2D eigenvalue weighted by Gasteiger charge is -2.06. The number of rotatable bonds is 2. The molecule has 0 aliphatic carbocycles. The van der Waals surface area contributed by atoms with Gasteiger partial charge in [-0.05, 0) is 19.1 Å². The van der Waals surface area contributed by atoms with Crippen molar-refractivity contribution in [2.24, 2.45) is 7.05 Å². The van der Waals surface area contributed by atoms with Crippen molar-refractivity contribution in [1.82, 2.24) is 9.78 Å². The maximum Gasteiger partial charge on any atom is 0.259 e. The largest absolute Gasteiger partial charge is 0.319 e. The van der Waals surface area contributed by atoms with Gasteiger partial charge in [-0.2, -0.15) is 5.10 Å². The number of aromatic nitrogens is 2. The van der Waals surface area contributed by atoms with E-state index in [4.69, 9.17) is 0 Å². The summed E-state index contributed by atoms with van der Waals surface area (Å²) in [7, 11) is 1.63. The zero-order valence-corrected chi connectivity index (χ0v) is 10.2. The minimum absolute atomic E-state index is 0.228. The molecule has 1 N–H and O–H groups in total. The molecule has 0 aliphatic heterocycles. The van der Waals surface area contributed by atoms with Crippen LogP contribution in [-0.4, -0.2) is 15.7 Å². The molecule has 1 amide bonds. The summed E-state index contributed by atoms with van der Waals surface area (Å²) in [6.45, 7) is 1.61. The molecule has 0 aliphatic rings. The standard InChI is InChI=1S/C12H10F3N3O/c1-6-7(5-18(2)17-6)12(19)16-9-4-3-8(13)10(14)11(9)15/h3-5H,1-2H3,(H,16,19). The third-order valence-electron chi connectivity index (χ3n) is 2.54. The molecule has 0 saturated heterocycles. The Labute approximate surface area is 106 Å². The first kappa shape index (κ1) is 13.1. The second kappa shape index (κ2) is 4.75. The van der Waals surface area contributed by atoms with E-state index < -0.39 is 29.0 Å². The van der Waals surface area contributed by atoms with Gasteiger partial charge in [0.1, 0.15) is 0 Å². The summed E-state index contributed by atoms with van der Waals surface area (Å²) in [5, 5.41) is 6.13. The van der Waals surface area contributed by atoms with E-state index in [0.717, 1.165) is 12.1 Å². The summed E-state index contributed by atoms with van der Waals surface area (Å²) >= 11 is 0. The minimum Gasteiger partial charge on any atom is -0.319 e. The second-order valence-corrected chi connectivity index (χ2v) is 3.98. The Morgan fingerprint density at radius 3 is 2.53 bits per heavy atom. The van der Waals surface area contributed by atoms with E-state index in [0.29, 0.717) is 5.69 Å². The summed E-state index contributed by atoms with van der Waals surface area (Å²) in [6, 6.07) is 1.70. The number of anilines is 1. The average molecular weight is 269 g/mol. The Bertz CT molecular complexity index is 652. The summed E-state index contributed by atoms with van der Waals surface area (Å²) in [5.74, 6) is -5.01. The molecule has 4 nitrogen and oxygen atoms in total. The van der Waals surface area contributed by atoms with Crippen LogP contribution in [0, 0.1) is 24.4 Å². The molecular weight excluding hydrogens is 259 g/mol. The van der Waals surface area contributed by atoms with Crippen LogP contribution in [0.5, 0.6) is 0 Å². The first-order chi connectivity index (χ1) is 8.90. The number of nitrogens with zero attached hydrogens (tertiary/aromatic N) is 2. The SMILES string of the molecule is Cc1nn(C)cc1C(=O)Nc1ccc(F)c(F)c1F. The van der Waals surface area contributed by atoms with Crippen LogP contribution in [0.1, 0.15) is 16.1 Å². The van der Waals surface area contributed by atoms with Crippen molar-refractivity contribution in [2.75, 3.05) is 5.32 Å². The maximum absolute atomic E-state index is 13.4. The zero-order valence-electron chi connectivity index (χ0n) is 10.2. The van der Waals surface area contributed by atoms with Crippen LogP contribution < -0.4 is 5.32 Å². The number of carbonyl (C=O) groups excluding carboxylic acids is 1. The minimum atomic E-state index is -1.62. The highest BCUT2D eigenvalue weighted by Crippen LogP contribution is 2.20. The highest BCUT2D eigenvalue weighted by atomic mass is 19.2. The van der Waals surface area contributed by atoms with Crippen LogP contribution in [0.3, 0.4) is 0 Å². The van der Waals surface area contributed by atoms with Crippen molar-refractivity contribution in [3.8, 4) is 0 Å². The highest BCUT2D eigenvalue weighted by Gasteiger charge is 2.18. The van der Waals surface area contributed by atoms with E-state index in [-0.39, 0.29) is 5.56 Å². The molecule has 7 heteroatoms. The number of hydrogen-bond acceptors (Lipinski definition) is 2. The van der Waals surface area contributed by atoms with Crippen LogP contribution in [0.15, 0.2) is 18.3 Å². The molecule has 1 aromatic carbocycles. The van der Waals surface area contributed by atoms with Gasteiger partial charge in [0.2, 0.25) is 0 Å². The first-order valence-corrected chi connectivity index (χ1v) is 5.35. The van der Waals surface area contributed by atoms with Gasteiger partial charge in [-0.1, -0.05) is 0 Å². The lowest BCUT2D eigenvalue weighted by molar-refractivity contribution is 0.102. The molecule has 0 radical (unpaired) electrons. The molecular formula is C12H10F3N3O. The van der Waals surface area contributed by atoms with E-state index in [2.05, 4.69) is 10.4 Å². The molecule has 2 rings (SSSR count). The molecule has 0 atom stereocenters. The van der Waals surface area contributed by atoms with E-state index >= 15 is 0 Å². The average Bonchev–Trinajstić information content (AvgIpc) is 2.69. The molecule has 1 aromatic heterocycles. The summed E-state index contributed by atoms with van der Waals surface area (Å²) in [5.41, 5.74) is 0.252. The van der Waals surface area contributed by atoms with Gasteiger partial charge >= 0.3 is 0 Å². The molecule has 19 heavy (non-hydrogen) atoms. The molecule has 0 spiro atoms. The number of halogens is 3. The third-order valence-corrected chi connectivity index (χ3v) is 2.54. The molecule has 0 bridgehead atoms. The first-order valence-electron chi connectivity index (χ1n) is 5.35. The summed E-state index contributed by atoms with van der Waals surface area (Å²) in [6.07, 6.45) is 1.45. The molecule has 0 saturated carbocycles. The Kier molecular flexibility index (Phi) is 3.28. The highest BCUT2D eigenvalue weighted by molar-refractivity contribution is 6.04. The third kappa shape index (κ3) is 2.44. The maximum atomic E-state index is 13.4. The van der Waals surface area contributed by atoms with Crippen molar-refractivity contribution in [3.05, 3.63) is 47.0 Å². The number of aryl methyl sites for hydroxylation is 2. The van der Waals surface area contributed by atoms with E-state index in [1.807, 2.05) is 0 Å². The normalized spacial score (nSPS) is 10.6.